The second-order valence-corrected chi connectivity index (χ2v) is 6.66. The topological polar surface area (TPSA) is 92.8 Å². The molecule has 1 aromatic carbocycles. The SMILES string of the molecule is COC(=O)c1ccccc1NC(=O)CCN1C(=O)[C@@H]2CCCC[C@H]2C1=O. The molecule has 7 nitrogen and oxygen atoms in total. The number of hydrogen-bond donors (Lipinski definition) is 1. The first-order chi connectivity index (χ1) is 12.5. The third-order valence-corrected chi connectivity index (χ3v) is 5.10. The van der Waals surface area contributed by atoms with E-state index in [1.165, 1.54) is 12.0 Å². The zero-order chi connectivity index (χ0) is 18.7. The van der Waals surface area contributed by atoms with Crippen LogP contribution in [0.2, 0.25) is 0 Å². The number of amides is 3. The molecule has 1 aliphatic heterocycles. The molecular weight excluding hydrogens is 336 g/mol. The van der Waals surface area contributed by atoms with E-state index in [-0.39, 0.29) is 48.1 Å². The standard InChI is InChI=1S/C19H22N2O5/c1-26-19(25)14-8-4-5-9-15(14)20-16(22)10-11-21-17(23)12-6-2-3-7-13(12)18(21)24/h4-5,8-9,12-13H,2-3,6-7,10-11H2,1H3,(H,20,22)/t12-,13-/m1/s1. The monoisotopic (exact) mass is 358 g/mol. The molecule has 1 N–H and O–H groups in total. The number of hydrogen-bond acceptors (Lipinski definition) is 5. The van der Waals surface area contributed by atoms with Crippen molar-refractivity contribution in [2.75, 3.05) is 19.0 Å². The molecule has 0 bridgehead atoms. The number of likely N-dealkylation sites (tertiary alicyclic amines) is 1. The summed E-state index contributed by atoms with van der Waals surface area (Å²) in [6.07, 6.45) is 3.44. The second-order valence-electron chi connectivity index (χ2n) is 6.66. The van der Waals surface area contributed by atoms with E-state index in [1.54, 1.807) is 24.3 Å². The lowest BCUT2D eigenvalue weighted by molar-refractivity contribution is -0.140. The van der Waals surface area contributed by atoms with Gasteiger partial charge in [0.1, 0.15) is 0 Å². The second kappa shape index (κ2) is 7.68. The lowest BCUT2D eigenvalue weighted by Crippen LogP contribution is -2.34. The van der Waals surface area contributed by atoms with E-state index < -0.39 is 5.97 Å². The number of methoxy groups -OCH3 is 1. The number of rotatable bonds is 5. The smallest absolute Gasteiger partial charge is 0.339 e. The molecular formula is C19H22N2O5. The Kier molecular flexibility index (Phi) is 5.35. The van der Waals surface area contributed by atoms with Crippen molar-refractivity contribution in [3.05, 3.63) is 29.8 Å². The zero-order valence-corrected chi connectivity index (χ0v) is 14.7. The number of imide groups is 1. The van der Waals surface area contributed by atoms with Gasteiger partial charge in [-0.2, -0.15) is 0 Å². The minimum Gasteiger partial charge on any atom is -0.465 e. The van der Waals surface area contributed by atoms with Gasteiger partial charge in [-0.25, -0.2) is 4.79 Å². The predicted molar refractivity (Wildman–Crippen MR) is 93.2 cm³/mol. The van der Waals surface area contributed by atoms with Gasteiger partial charge >= 0.3 is 5.97 Å². The number of anilines is 1. The summed E-state index contributed by atoms with van der Waals surface area (Å²) in [5.41, 5.74) is 0.597. The van der Waals surface area contributed by atoms with Crippen LogP contribution in [0.15, 0.2) is 24.3 Å². The van der Waals surface area contributed by atoms with Crippen LogP contribution in [0.25, 0.3) is 0 Å². The van der Waals surface area contributed by atoms with Gasteiger partial charge in [0.2, 0.25) is 17.7 Å². The Hall–Kier alpha value is -2.70. The third-order valence-electron chi connectivity index (χ3n) is 5.10. The molecule has 2 atom stereocenters. The van der Waals surface area contributed by atoms with Crippen LogP contribution in [-0.4, -0.2) is 42.2 Å². The van der Waals surface area contributed by atoms with Crippen LogP contribution in [0, 0.1) is 11.8 Å². The van der Waals surface area contributed by atoms with Crippen LogP contribution >= 0.6 is 0 Å². The molecule has 0 radical (unpaired) electrons. The molecule has 2 aliphatic rings. The van der Waals surface area contributed by atoms with Gasteiger partial charge in [0, 0.05) is 13.0 Å². The predicted octanol–water partition coefficient (Wildman–Crippen LogP) is 1.98. The van der Waals surface area contributed by atoms with Crippen molar-refractivity contribution in [1.29, 1.82) is 0 Å². The first-order valence-corrected chi connectivity index (χ1v) is 8.85. The van der Waals surface area contributed by atoms with E-state index in [9.17, 15) is 19.2 Å². The number of ether oxygens (including phenoxy) is 1. The molecule has 1 saturated carbocycles. The van der Waals surface area contributed by atoms with E-state index >= 15 is 0 Å². The maximum atomic E-state index is 12.4. The number of fused-ring (bicyclic) bond motifs is 1. The number of nitrogens with one attached hydrogen (secondary N) is 1. The normalized spacial score (nSPS) is 22.1. The van der Waals surface area contributed by atoms with Gasteiger partial charge in [-0.15, -0.1) is 0 Å². The highest BCUT2D eigenvalue weighted by molar-refractivity contribution is 6.06. The van der Waals surface area contributed by atoms with E-state index in [1.807, 2.05) is 0 Å². The summed E-state index contributed by atoms with van der Waals surface area (Å²) < 4.78 is 4.69. The summed E-state index contributed by atoms with van der Waals surface area (Å²) in [5, 5.41) is 2.65. The molecule has 0 unspecified atom stereocenters. The Bertz CT molecular complexity index is 721. The van der Waals surface area contributed by atoms with E-state index in [2.05, 4.69) is 5.32 Å². The zero-order valence-electron chi connectivity index (χ0n) is 14.7. The maximum Gasteiger partial charge on any atom is 0.339 e. The summed E-state index contributed by atoms with van der Waals surface area (Å²) in [5.74, 6) is -1.63. The van der Waals surface area contributed by atoms with E-state index in [0.29, 0.717) is 5.69 Å². The van der Waals surface area contributed by atoms with Crippen LogP contribution in [0.3, 0.4) is 0 Å². The van der Waals surface area contributed by atoms with Crippen molar-refractivity contribution in [2.45, 2.75) is 32.1 Å². The molecule has 2 fully saturated rings. The molecule has 0 spiro atoms. The number of nitrogens with zero attached hydrogens (tertiary/aromatic N) is 1. The van der Waals surface area contributed by atoms with Gasteiger partial charge in [0.15, 0.2) is 0 Å². The Labute approximate surface area is 151 Å². The van der Waals surface area contributed by atoms with Crippen LogP contribution in [-0.2, 0) is 19.1 Å². The van der Waals surface area contributed by atoms with Crippen LogP contribution < -0.4 is 5.32 Å². The molecule has 26 heavy (non-hydrogen) atoms. The number of carbonyl (C=O) groups is 4. The van der Waals surface area contributed by atoms with Crippen molar-refractivity contribution in [3.63, 3.8) is 0 Å². The summed E-state index contributed by atoms with van der Waals surface area (Å²) in [4.78, 5) is 50.0. The minimum atomic E-state index is -0.546. The lowest BCUT2D eigenvalue weighted by atomic mass is 9.81. The highest BCUT2D eigenvalue weighted by Gasteiger charge is 2.47. The Morgan fingerprint density at radius 2 is 1.73 bits per heavy atom. The Morgan fingerprint density at radius 3 is 2.35 bits per heavy atom. The van der Waals surface area contributed by atoms with Crippen molar-refractivity contribution in [2.24, 2.45) is 11.8 Å². The highest BCUT2D eigenvalue weighted by Crippen LogP contribution is 2.37. The average molecular weight is 358 g/mol. The number of carbonyl (C=O) groups excluding carboxylic acids is 4. The van der Waals surface area contributed by atoms with Crippen molar-refractivity contribution in [1.82, 2.24) is 4.90 Å². The number of para-hydroxylation sites is 1. The Balaban J connectivity index is 1.61. The van der Waals surface area contributed by atoms with Gasteiger partial charge in [0.25, 0.3) is 0 Å². The quantitative estimate of drug-likeness (QED) is 0.642. The molecule has 1 heterocycles. The highest BCUT2D eigenvalue weighted by atomic mass is 16.5. The molecule has 0 aromatic heterocycles. The molecule has 138 valence electrons. The first kappa shape index (κ1) is 18.1. The van der Waals surface area contributed by atoms with Crippen LogP contribution in [0.4, 0.5) is 5.69 Å². The average Bonchev–Trinajstić information content (AvgIpc) is 2.91. The fourth-order valence-electron chi connectivity index (χ4n) is 3.76. The van der Waals surface area contributed by atoms with Gasteiger partial charge in [-0.05, 0) is 25.0 Å². The summed E-state index contributed by atoms with van der Waals surface area (Å²) in [6.45, 7) is 0.0664. The van der Waals surface area contributed by atoms with E-state index in [4.69, 9.17) is 4.74 Å². The van der Waals surface area contributed by atoms with Crippen LogP contribution in [0.5, 0.6) is 0 Å². The largest absolute Gasteiger partial charge is 0.465 e. The molecule has 1 saturated heterocycles. The van der Waals surface area contributed by atoms with E-state index in [0.717, 1.165) is 25.7 Å². The molecule has 1 aromatic rings. The fourth-order valence-corrected chi connectivity index (χ4v) is 3.76. The Morgan fingerprint density at radius 1 is 1.12 bits per heavy atom. The summed E-state index contributed by atoms with van der Waals surface area (Å²) >= 11 is 0. The fraction of sp³-hybridized carbons (Fsp3) is 0.474. The summed E-state index contributed by atoms with van der Waals surface area (Å²) in [7, 11) is 1.27. The van der Waals surface area contributed by atoms with Crippen molar-refractivity contribution >= 4 is 29.4 Å². The van der Waals surface area contributed by atoms with Gasteiger partial charge in [-0.3, -0.25) is 19.3 Å². The van der Waals surface area contributed by atoms with Gasteiger partial charge < -0.3 is 10.1 Å². The first-order valence-electron chi connectivity index (χ1n) is 8.85. The molecule has 3 amide bonds. The number of esters is 1. The summed E-state index contributed by atoms with van der Waals surface area (Å²) in [6, 6.07) is 6.52. The van der Waals surface area contributed by atoms with Crippen molar-refractivity contribution < 1.29 is 23.9 Å². The van der Waals surface area contributed by atoms with Crippen molar-refractivity contribution in [3.8, 4) is 0 Å². The molecule has 7 heteroatoms. The maximum absolute atomic E-state index is 12.4. The van der Waals surface area contributed by atoms with Crippen LogP contribution in [0.1, 0.15) is 42.5 Å². The van der Waals surface area contributed by atoms with Gasteiger partial charge in [-0.1, -0.05) is 25.0 Å². The van der Waals surface area contributed by atoms with Gasteiger partial charge in [0.05, 0.1) is 30.2 Å². The molecule has 3 rings (SSSR count). The lowest BCUT2D eigenvalue weighted by Gasteiger charge is -2.19. The third kappa shape index (κ3) is 3.47. The number of benzene rings is 1. The minimum absolute atomic E-state index is 0.00751. The molecule has 1 aliphatic carbocycles.